The summed E-state index contributed by atoms with van der Waals surface area (Å²) in [5.74, 6) is 1.27. The van der Waals surface area contributed by atoms with Crippen LogP contribution in [-0.2, 0) is 6.54 Å². The quantitative estimate of drug-likeness (QED) is 0.421. The van der Waals surface area contributed by atoms with Gasteiger partial charge in [0.15, 0.2) is 11.7 Å². The number of hydrogen-bond donors (Lipinski definition) is 1. The van der Waals surface area contributed by atoms with Crippen LogP contribution < -0.4 is 5.32 Å². The highest BCUT2D eigenvalue weighted by Gasteiger charge is 2.25. The number of carbonyl (C=O) groups is 1. The van der Waals surface area contributed by atoms with Crippen LogP contribution in [0.25, 0.3) is 0 Å². The smallest absolute Gasteiger partial charge is 0.289 e. The fourth-order valence-electron chi connectivity index (χ4n) is 2.65. The molecule has 6 nitrogen and oxygen atoms in total. The zero-order chi connectivity index (χ0) is 16.8. The van der Waals surface area contributed by atoms with Crippen LogP contribution in [0.5, 0.6) is 0 Å². The highest BCUT2D eigenvalue weighted by atomic mass is 127. The Morgan fingerprint density at radius 1 is 1.28 bits per heavy atom. The van der Waals surface area contributed by atoms with Crippen molar-refractivity contribution in [1.82, 2.24) is 15.1 Å². The van der Waals surface area contributed by atoms with Crippen LogP contribution in [0.3, 0.4) is 0 Å². The minimum atomic E-state index is -0.0418. The maximum atomic E-state index is 12.3. The number of nitrogens with one attached hydrogen (secondary N) is 1. The second kappa shape index (κ2) is 9.81. The molecule has 0 unspecified atom stereocenters. The predicted octanol–water partition coefficient (Wildman–Crippen LogP) is 2.88. The highest BCUT2D eigenvalue weighted by Crippen LogP contribution is 2.11. The molecule has 2 aromatic rings. The lowest BCUT2D eigenvalue weighted by molar-refractivity contribution is 0.0657. The van der Waals surface area contributed by atoms with E-state index >= 15 is 0 Å². The lowest BCUT2D eigenvalue weighted by Gasteiger charge is -2.36. The van der Waals surface area contributed by atoms with Crippen LogP contribution >= 0.6 is 35.3 Å². The third-order valence-electron chi connectivity index (χ3n) is 3.92. The van der Waals surface area contributed by atoms with E-state index in [4.69, 9.17) is 9.41 Å². The largest absolute Gasteiger partial charge is 0.459 e. The third kappa shape index (κ3) is 5.21. The van der Waals surface area contributed by atoms with Crippen molar-refractivity contribution in [2.45, 2.75) is 13.5 Å². The van der Waals surface area contributed by atoms with E-state index in [1.165, 1.54) is 11.8 Å². The van der Waals surface area contributed by atoms with Gasteiger partial charge < -0.3 is 19.5 Å². The van der Waals surface area contributed by atoms with E-state index in [2.05, 4.69) is 34.0 Å². The summed E-state index contributed by atoms with van der Waals surface area (Å²) in [4.78, 5) is 21.1. The number of carbonyl (C=O) groups excluding carboxylic acids is 1. The summed E-state index contributed by atoms with van der Waals surface area (Å²) >= 11 is 1.69. The number of furan rings is 1. The minimum Gasteiger partial charge on any atom is -0.459 e. The van der Waals surface area contributed by atoms with E-state index in [1.807, 2.05) is 4.90 Å². The molecule has 0 aromatic carbocycles. The van der Waals surface area contributed by atoms with Crippen LogP contribution in [0, 0.1) is 0 Å². The molecule has 136 valence electrons. The van der Waals surface area contributed by atoms with Crippen molar-refractivity contribution in [2.24, 2.45) is 4.99 Å². The van der Waals surface area contributed by atoms with E-state index in [1.54, 1.807) is 23.5 Å². The van der Waals surface area contributed by atoms with Crippen molar-refractivity contribution in [3.05, 3.63) is 46.5 Å². The summed E-state index contributed by atoms with van der Waals surface area (Å²) < 4.78 is 5.20. The van der Waals surface area contributed by atoms with E-state index in [0.717, 1.165) is 25.6 Å². The number of halogens is 1. The molecule has 1 amide bonds. The van der Waals surface area contributed by atoms with Gasteiger partial charge in [-0.3, -0.25) is 4.79 Å². The molecule has 0 saturated carbocycles. The van der Waals surface area contributed by atoms with Gasteiger partial charge in [-0.25, -0.2) is 4.99 Å². The summed E-state index contributed by atoms with van der Waals surface area (Å²) in [7, 11) is 0. The second-order valence-corrected chi connectivity index (χ2v) is 6.34. The number of aliphatic imine (C=N–C) groups is 1. The molecule has 0 bridgehead atoms. The Balaban J connectivity index is 0.00000225. The van der Waals surface area contributed by atoms with Gasteiger partial charge in [-0.2, -0.15) is 11.3 Å². The Morgan fingerprint density at radius 3 is 2.64 bits per heavy atom. The lowest BCUT2D eigenvalue weighted by Crippen LogP contribution is -2.53. The molecule has 1 aliphatic rings. The van der Waals surface area contributed by atoms with Gasteiger partial charge in [0.05, 0.1) is 12.8 Å². The number of nitrogens with zero attached hydrogens (tertiary/aromatic N) is 3. The first-order valence-electron chi connectivity index (χ1n) is 8.15. The number of guanidine groups is 1. The molecule has 0 spiro atoms. The minimum absolute atomic E-state index is 0. The van der Waals surface area contributed by atoms with Gasteiger partial charge in [0, 0.05) is 32.7 Å². The van der Waals surface area contributed by atoms with Crippen molar-refractivity contribution in [2.75, 3.05) is 32.7 Å². The predicted molar refractivity (Wildman–Crippen MR) is 111 cm³/mol. The summed E-state index contributed by atoms with van der Waals surface area (Å²) in [5.41, 5.74) is 1.22. The van der Waals surface area contributed by atoms with E-state index in [0.29, 0.717) is 25.4 Å². The summed E-state index contributed by atoms with van der Waals surface area (Å²) in [5, 5.41) is 7.53. The molecule has 2 aromatic heterocycles. The summed E-state index contributed by atoms with van der Waals surface area (Å²) in [6.07, 6.45) is 1.53. The molecule has 1 N–H and O–H groups in total. The average Bonchev–Trinajstić information content (AvgIpc) is 3.31. The maximum Gasteiger partial charge on any atom is 0.289 e. The Hall–Kier alpha value is -1.55. The number of rotatable bonds is 4. The van der Waals surface area contributed by atoms with E-state index < -0.39 is 0 Å². The Kier molecular flexibility index (Phi) is 7.76. The molecule has 3 heterocycles. The first kappa shape index (κ1) is 19.8. The summed E-state index contributed by atoms with van der Waals surface area (Å²) in [6, 6.07) is 5.54. The number of piperazine rings is 1. The standard InChI is InChI=1S/C17H22N4O2S.HI/c1-2-18-17(19-12-14-5-11-24-13-14)21-8-6-20(7-9-21)16(22)15-4-3-10-23-15;/h3-5,10-11,13H,2,6-9,12H2,1H3,(H,18,19);1H. The monoisotopic (exact) mass is 474 g/mol. The second-order valence-electron chi connectivity index (χ2n) is 5.56. The van der Waals surface area contributed by atoms with Crippen LogP contribution in [-0.4, -0.2) is 54.4 Å². The maximum absolute atomic E-state index is 12.3. The number of amides is 1. The first-order chi connectivity index (χ1) is 11.8. The molecule has 0 radical (unpaired) electrons. The van der Waals surface area contributed by atoms with Gasteiger partial charge in [0.1, 0.15) is 0 Å². The Morgan fingerprint density at radius 2 is 2.04 bits per heavy atom. The van der Waals surface area contributed by atoms with Gasteiger partial charge in [0.2, 0.25) is 0 Å². The van der Waals surface area contributed by atoms with Gasteiger partial charge in [-0.15, -0.1) is 24.0 Å². The van der Waals surface area contributed by atoms with Gasteiger partial charge in [-0.1, -0.05) is 0 Å². The molecular weight excluding hydrogens is 451 g/mol. The SMILES string of the molecule is CCNC(=NCc1ccsc1)N1CCN(C(=O)c2ccco2)CC1.I. The van der Waals surface area contributed by atoms with Crippen molar-refractivity contribution in [1.29, 1.82) is 0 Å². The van der Waals surface area contributed by atoms with Gasteiger partial charge in [-0.05, 0) is 41.4 Å². The molecule has 1 saturated heterocycles. The molecular formula is C17H23IN4O2S. The molecule has 0 atom stereocenters. The molecule has 25 heavy (non-hydrogen) atoms. The Bertz CT molecular complexity index is 665. The number of hydrogen-bond acceptors (Lipinski definition) is 4. The lowest BCUT2D eigenvalue weighted by atomic mass is 10.3. The van der Waals surface area contributed by atoms with Crippen molar-refractivity contribution < 1.29 is 9.21 Å². The highest BCUT2D eigenvalue weighted by molar-refractivity contribution is 14.0. The van der Waals surface area contributed by atoms with Gasteiger partial charge in [0.25, 0.3) is 5.91 Å². The van der Waals surface area contributed by atoms with Gasteiger partial charge >= 0.3 is 0 Å². The summed E-state index contributed by atoms with van der Waals surface area (Å²) in [6.45, 7) is 6.44. The van der Waals surface area contributed by atoms with Crippen LogP contribution in [0.4, 0.5) is 0 Å². The molecule has 0 aliphatic carbocycles. The van der Waals surface area contributed by atoms with E-state index in [-0.39, 0.29) is 29.9 Å². The van der Waals surface area contributed by atoms with Crippen molar-refractivity contribution >= 4 is 47.2 Å². The van der Waals surface area contributed by atoms with E-state index in [9.17, 15) is 4.79 Å². The van der Waals surface area contributed by atoms with Crippen molar-refractivity contribution in [3.63, 3.8) is 0 Å². The molecule has 3 rings (SSSR count). The molecule has 1 aliphatic heterocycles. The zero-order valence-electron chi connectivity index (χ0n) is 14.2. The van der Waals surface area contributed by atoms with Crippen LogP contribution in [0.2, 0.25) is 0 Å². The van der Waals surface area contributed by atoms with Crippen LogP contribution in [0.1, 0.15) is 23.0 Å². The number of thiophene rings is 1. The molecule has 8 heteroatoms. The topological polar surface area (TPSA) is 61.1 Å². The normalized spacial score (nSPS) is 15.0. The first-order valence-corrected chi connectivity index (χ1v) is 9.09. The Labute approximate surface area is 168 Å². The zero-order valence-corrected chi connectivity index (χ0v) is 17.3. The average molecular weight is 474 g/mol. The molecule has 1 fully saturated rings. The fourth-order valence-corrected chi connectivity index (χ4v) is 3.31. The fraction of sp³-hybridized carbons (Fsp3) is 0.412. The third-order valence-corrected chi connectivity index (χ3v) is 4.66. The van der Waals surface area contributed by atoms with Crippen LogP contribution in [0.15, 0.2) is 44.6 Å². The van der Waals surface area contributed by atoms with Crippen molar-refractivity contribution in [3.8, 4) is 0 Å².